The van der Waals surface area contributed by atoms with Crippen molar-refractivity contribution in [1.29, 1.82) is 0 Å². The number of benzene rings is 1. The van der Waals surface area contributed by atoms with Gasteiger partial charge in [0.2, 0.25) is 5.91 Å². The summed E-state index contributed by atoms with van der Waals surface area (Å²) in [4.78, 5) is 26.5. The van der Waals surface area contributed by atoms with E-state index >= 15 is 0 Å². The third-order valence-corrected chi connectivity index (χ3v) is 5.74. The fourth-order valence-electron chi connectivity index (χ4n) is 2.83. The first-order valence-electron chi connectivity index (χ1n) is 8.81. The van der Waals surface area contributed by atoms with Gasteiger partial charge in [0.25, 0.3) is 0 Å². The first-order valence-corrected chi connectivity index (χ1v) is 10.9. The lowest BCUT2D eigenvalue weighted by Crippen LogP contribution is -2.13. The molecule has 28 heavy (non-hydrogen) atoms. The number of thiazole rings is 1. The first kappa shape index (κ1) is 20.4. The molecule has 8 heteroatoms. The minimum Gasteiger partial charge on any atom is -0.302 e. The summed E-state index contributed by atoms with van der Waals surface area (Å²) in [5.74, 6) is -0.338. The van der Waals surface area contributed by atoms with E-state index in [4.69, 9.17) is 0 Å². The highest BCUT2D eigenvalue weighted by molar-refractivity contribution is 7.98. The summed E-state index contributed by atoms with van der Waals surface area (Å²) in [5, 5.41) is 4.18. The minimum atomic E-state index is -0.250. The van der Waals surface area contributed by atoms with Crippen molar-refractivity contribution in [2.75, 3.05) is 11.6 Å². The van der Waals surface area contributed by atoms with Gasteiger partial charge in [-0.05, 0) is 49.8 Å². The van der Waals surface area contributed by atoms with Crippen molar-refractivity contribution in [2.45, 2.75) is 38.3 Å². The Morgan fingerprint density at radius 3 is 2.50 bits per heavy atom. The molecule has 3 rings (SSSR count). The maximum Gasteiger partial charge on any atom is 0.226 e. The first-order chi connectivity index (χ1) is 13.4. The van der Waals surface area contributed by atoms with Crippen LogP contribution < -0.4 is 5.32 Å². The van der Waals surface area contributed by atoms with Crippen LogP contribution in [0.5, 0.6) is 0 Å². The smallest absolute Gasteiger partial charge is 0.226 e. The van der Waals surface area contributed by atoms with E-state index in [1.807, 2.05) is 20.1 Å². The van der Waals surface area contributed by atoms with E-state index in [-0.39, 0.29) is 11.7 Å². The molecule has 0 fully saturated rings. The molecule has 1 aromatic carbocycles. The molecule has 0 aliphatic carbocycles. The Bertz CT molecular complexity index is 950. The number of aryl methyl sites for hydroxylation is 2. The van der Waals surface area contributed by atoms with E-state index < -0.39 is 0 Å². The van der Waals surface area contributed by atoms with Gasteiger partial charge < -0.3 is 5.32 Å². The minimum absolute atomic E-state index is 0.0876. The van der Waals surface area contributed by atoms with Crippen molar-refractivity contribution in [3.05, 3.63) is 63.7 Å². The van der Waals surface area contributed by atoms with Gasteiger partial charge in [0, 0.05) is 35.3 Å². The van der Waals surface area contributed by atoms with Crippen LogP contribution in [0.3, 0.4) is 0 Å². The Labute approximate surface area is 171 Å². The molecule has 0 saturated heterocycles. The molecule has 3 aromatic rings. The molecule has 0 radical (unpaired) electrons. The number of carbonyl (C=O) groups is 1. The Balaban J connectivity index is 1.56. The maximum atomic E-state index is 13.0. The number of amides is 1. The molecule has 0 saturated carbocycles. The third-order valence-electron chi connectivity index (χ3n) is 4.28. The number of halogens is 1. The Morgan fingerprint density at radius 1 is 1.18 bits per heavy atom. The standard InChI is InChI=1S/C20H21FN4OS2/c1-12-17(13(2)24-20(23-12)27-3)8-9-18(26)25-19-22-11-16(28-19)10-14-4-6-15(21)7-5-14/h4-7,11H,8-10H2,1-3H3,(H,22,25,26). The second-order valence-corrected chi connectivity index (χ2v) is 8.23. The highest BCUT2D eigenvalue weighted by Crippen LogP contribution is 2.22. The molecule has 0 atom stereocenters. The zero-order valence-electron chi connectivity index (χ0n) is 16.0. The topological polar surface area (TPSA) is 67.8 Å². The molecule has 0 unspecified atom stereocenters. The second-order valence-electron chi connectivity index (χ2n) is 6.34. The van der Waals surface area contributed by atoms with Crippen LogP contribution in [0.2, 0.25) is 0 Å². The van der Waals surface area contributed by atoms with Gasteiger partial charge in [0.15, 0.2) is 10.3 Å². The molecule has 1 amide bonds. The molecule has 0 bridgehead atoms. The normalized spacial score (nSPS) is 10.9. The summed E-state index contributed by atoms with van der Waals surface area (Å²) in [5.41, 5.74) is 3.85. The average Bonchev–Trinajstić information content (AvgIpc) is 3.09. The predicted octanol–water partition coefficient (Wildman–Crippen LogP) is 4.57. The summed E-state index contributed by atoms with van der Waals surface area (Å²) < 4.78 is 13.0. The number of nitrogens with zero attached hydrogens (tertiary/aromatic N) is 3. The molecular weight excluding hydrogens is 395 g/mol. The molecule has 1 N–H and O–H groups in total. The van der Waals surface area contributed by atoms with Gasteiger partial charge in [-0.1, -0.05) is 23.9 Å². The van der Waals surface area contributed by atoms with Crippen molar-refractivity contribution in [2.24, 2.45) is 0 Å². The van der Waals surface area contributed by atoms with E-state index in [2.05, 4.69) is 20.3 Å². The number of carbonyl (C=O) groups excluding carboxylic acids is 1. The molecule has 2 aromatic heterocycles. The zero-order chi connectivity index (χ0) is 20.1. The average molecular weight is 417 g/mol. The van der Waals surface area contributed by atoms with Gasteiger partial charge >= 0.3 is 0 Å². The number of anilines is 1. The van der Waals surface area contributed by atoms with Gasteiger partial charge in [0.05, 0.1) is 0 Å². The van der Waals surface area contributed by atoms with Crippen molar-refractivity contribution in [1.82, 2.24) is 15.0 Å². The number of hydrogen-bond acceptors (Lipinski definition) is 6. The Morgan fingerprint density at radius 2 is 1.86 bits per heavy atom. The zero-order valence-corrected chi connectivity index (χ0v) is 17.6. The van der Waals surface area contributed by atoms with Crippen LogP contribution in [0.1, 0.15) is 33.8 Å². The van der Waals surface area contributed by atoms with Crippen LogP contribution in [0, 0.1) is 19.7 Å². The Kier molecular flexibility index (Phi) is 6.74. The van der Waals surface area contributed by atoms with Gasteiger partial charge in [-0.2, -0.15) is 0 Å². The molecule has 0 aliphatic heterocycles. The molecule has 146 valence electrons. The van der Waals surface area contributed by atoms with Crippen LogP contribution in [-0.2, 0) is 17.6 Å². The Hall–Kier alpha value is -2.32. The van der Waals surface area contributed by atoms with Crippen molar-refractivity contribution in [3.63, 3.8) is 0 Å². The van der Waals surface area contributed by atoms with E-state index in [9.17, 15) is 9.18 Å². The maximum absolute atomic E-state index is 13.0. The van der Waals surface area contributed by atoms with Crippen LogP contribution in [0.25, 0.3) is 0 Å². The SMILES string of the molecule is CSc1nc(C)c(CCC(=O)Nc2ncc(Cc3ccc(F)cc3)s2)c(C)n1. The third kappa shape index (κ3) is 5.36. The summed E-state index contributed by atoms with van der Waals surface area (Å²) >= 11 is 2.94. The van der Waals surface area contributed by atoms with Crippen LogP contribution in [-0.4, -0.2) is 27.1 Å². The van der Waals surface area contributed by atoms with Crippen molar-refractivity contribution >= 4 is 34.1 Å². The predicted molar refractivity (Wildman–Crippen MR) is 112 cm³/mol. The number of nitrogens with one attached hydrogen (secondary N) is 1. The van der Waals surface area contributed by atoms with Crippen LogP contribution in [0.4, 0.5) is 9.52 Å². The number of aromatic nitrogens is 3. The lowest BCUT2D eigenvalue weighted by Gasteiger charge is -2.09. The summed E-state index contributed by atoms with van der Waals surface area (Å²) in [7, 11) is 0. The monoisotopic (exact) mass is 416 g/mol. The molecule has 0 aliphatic rings. The van der Waals surface area contributed by atoms with Crippen LogP contribution >= 0.6 is 23.1 Å². The highest BCUT2D eigenvalue weighted by atomic mass is 32.2. The van der Waals surface area contributed by atoms with E-state index in [1.54, 1.807) is 18.3 Å². The van der Waals surface area contributed by atoms with Crippen molar-refractivity contribution < 1.29 is 9.18 Å². The van der Waals surface area contributed by atoms with Gasteiger partial charge in [-0.3, -0.25) is 4.79 Å². The number of thioether (sulfide) groups is 1. The highest BCUT2D eigenvalue weighted by Gasteiger charge is 2.12. The van der Waals surface area contributed by atoms with E-state index in [0.29, 0.717) is 24.4 Å². The van der Waals surface area contributed by atoms with Gasteiger partial charge in [-0.25, -0.2) is 19.3 Å². The van der Waals surface area contributed by atoms with Gasteiger partial charge in [0.1, 0.15) is 5.82 Å². The molecule has 2 heterocycles. The van der Waals surface area contributed by atoms with E-state index in [1.165, 1.54) is 35.2 Å². The lowest BCUT2D eigenvalue weighted by molar-refractivity contribution is -0.116. The number of rotatable bonds is 7. The fourth-order valence-corrected chi connectivity index (χ4v) is 4.15. The van der Waals surface area contributed by atoms with E-state index in [0.717, 1.165) is 32.5 Å². The molecular formula is C20H21FN4OS2. The van der Waals surface area contributed by atoms with Crippen LogP contribution in [0.15, 0.2) is 35.6 Å². The fraction of sp³-hybridized carbons (Fsp3) is 0.300. The molecule has 0 spiro atoms. The van der Waals surface area contributed by atoms with Gasteiger partial charge in [-0.15, -0.1) is 11.3 Å². The quantitative estimate of drug-likeness (QED) is 0.451. The summed E-state index contributed by atoms with van der Waals surface area (Å²) in [6.45, 7) is 3.90. The lowest BCUT2D eigenvalue weighted by atomic mass is 10.1. The second kappa shape index (κ2) is 9.25. The van der Waals surface area contributed by atoms with Crippen molar-refractivity contribution in [3.8, 4) is 0 Å². The molecule has 5 nitrogen and oxygen atoms in total. The largest absolute Gasteiger partial charge is 0.302 e. The summed E-state index contributed by atoms with van der Waals surface area (Å²) in [6.07, 6.45) is 5.28. The summed E-state index contributed by atoms with van der Waals surface area (Å²) in [6, 6.07) is 6.39. The number of hydrogen-bond donors (Lipinski definition) is 1.